The summed E-state index contributed by atoms with van der Waals surface area (Å²) < 4.78 is 0. The van der Waals surface area contributed by atoms with Gasteiger partial charge in [-0.1, -0.05) is 13.8 Å². The lowest BCUT2D eigenvalue weighted by Gasteiger charge is -2.18. The van der Waals surface area contributed by atoms with Gasteiger partial charge in [-0.15, -0.1) is 0 Å². The number of Topliss-reactive ketones (excluding diaryl/α,β-unsaturated/α-hetero) is 1. The summed E-state index contributed by atoms with van der Waals surface area (Å²) in [5, 5.41) is 11.8. The first kappa shape index (κ1) is 15.2. The highest BCUT2D eigenvalue weighted by molar-refractivity contribution is 6.07. The van der Waals surface area contributed by atoms with E-state index in [1.807, 2.05) is 0 Å². The van der Waals surface area contributed by atoms with Crippen molar-refractivity contribution in [2.75, 3.05) is 5.32 Å². The maximum Gasteiger partial charge on any atom is 0.306 e. The predicted molar refractivity (Wildman–Crippen MR) is 78.4 cm³/mol. The van der Waals surface area contributed by atoms with E-state index in [2.05, 4.69) is 5.32 Å². The Morgan fingerprint density at radius 2 is 1.81 bits per heavy atom. The number of carbonyl (C=O) groups excluding carboxylic acids is 2. The predicted octanol–water partition coefficient (Wildman–Crippen LogP) is 2.46. The number of carboxylic acids is 1. The maximum atomic E-state index is 12.4. The zero-order chi connectivity index (χ0) is 15.9. The summed E-state index contributed by atoms with van der Waals surface area (Å²) in [5.41, 5.74) is 1.24. The lowest BCUT2D eigenvalue weighted by molar-refractivity contribution is -0.142. The van der Waals surface area contributed by atoms with Crippen molar-refractivity contribution in [2.45, 2.75) is 33.1 Å². The van der Waals surface area contributed by atoms with E-state index in [1.165, 1.54) is 6.92 Å². The zero-order valence-electron chi connectivity index (χ0n) is 12.6. The first-order valence-corrected chi connectivity index (χ1v) is 6.89. The van der Waals surface area contributed by atoms with E-state index in [0.717, 1.165) is 5.56 Å². The fourth-order valence-electron chi connectivity index (χ4n) is 2.43. The molecule has 1 heterocycles. The van der Waals surface area contributed by atoms with Crippen LogP contribution in [0.15, 0.2) is 18.2 Å². The van der Waals surface area contributed by atoms with Crippen LogP contribution in [0, 0.1) is 11.8 Å². The molecule has 0 spiro atoms. The Kier molecular flexibility index (Phi) is 3.61. The van der Waals surface area contributed by atoms with E-state index in [9.17, 15) is 14.4 Å². The van der Waals surface area contributed by atoms with Crippen LogP contribution in [-0.2, 0) is 15.0 Å². The smallest absolute Gasteiger partial charge is 0.306 e. The number of benzene rings is 1. The van der Waals surface area contributed by atoms with Crippen LogP contribution in [0.1, 0.15) is 43.6 Å². The SMILES string of the molecule is CC(C(=O)O)C(C)C(=O)c1ccc2c(c1)C(C)(C)C(=O)N2. The molecule has 0 aliphatic carbocycles. The van der Waals surface area contributed by atoms with Crippen LogP contribution in [0.2, 0.25) is 0 Å². The summed E-state index contributed by atoms with van der Waals surface area (Å²) >= 11 is 0. The Hall–Kier alpha value is -2.17. The second-order valence-electron chi connectivity index (χ2n) is 6.12. The molecule has 0 fully saturated rings. The molecule has 0 saturated heterocycles. The number of hydrogen-bond donors (Lipinski definition) is 2. The fraction of sp³-hybridized carbons (Fsp3) is 0.438. The molecule has 1 aliphatic heterocycles. The molecule has 0 radical (unpaired) electrons. The van der Waals surface area contributed by atoms with E-state index in [0.29, 0.717) is 11.3 Å². The largest absolute Gasteiger partial charge is 0.481 e. The van der Waals surface area contributed by atoms with Gasteiger partial charge in [0, 0.05) is 17.2 Å². The van der Waals surface area contributed by atoms with E-state index in [-0.39, 0.29) is 11.7 Å². The second-order valence-corrected chi connectivity index (χ2v) is 6.12. The molecule has 5 nitrogen and oxygen atoms in total. The van der Waals surface area contributed by atoms with Crippen LogP contribution in [0.25, 0.3) is 0 Å². The fourth-order valence-corrected chi connectivity index (χ4v) is 2.43. The van der Waals surface area contributed by atoms with Gasteiger partial charge >= 0.3 is 5.97 Å². The van der Waals surface area contributed by atoms with E-state index in [1.54, 1.807) is 39.0 Å². The number of rotatable bonds is 4. The number of aliphatic carboxylic acids is 1. The summed E-state index contributed by atoms with van der Waals surface area (Å²) in [5.74, 6) is -2.68. The van der Waals surface area contributed by atoms with Crippen LogP contribution in [0.4, 0.5) is 5.69 Å². The van der Waals surface area contributed by atoms with Crippen molar-refractivity contribution in [3.05, 3.63) is 29.3 Å². The van der Waals surface area contributed by atoms with Gasteiger partial charge in [-0.25, -0.2) is 0 Å². The molecule has 1 aliphatic rings. The van der Waals surface area contributed by atoms with Crippen molar-refractivity contribution in [1.82, 2.24) is 0 Å². The van der Waals surface area contributed by atoms with Gasteiger partial charge in [0.15, 0.2) is 5.78 Å². The minimum Gasteiger partial charge on any atom is -0.481 e. The van der Waals surface area contributed by atoms with Crippen molar-refractivity contribution in [3.63, 3.8) is 0 Å². The average Bonchev–Trinajstić information content (AvgIpc) is 2.66. The lowest BCUT2D eigenvalue weighted by Crippen LogP contribution is -2.27. The number of anilines is 1. The molecule has 2 unspecified atom stereocenters. The molecule has 1 amide bonds. The van der Waals surface area contributed by atoms with Gasteiger partial charge in [0.05, 0.1) is 11.3 Å². The van der Waals surface area contributed by atoms with E-state index < -0.39 is 23.2 Å². The third kappa shape index (κ3) is 2.44. The molecule has 5 heteroatoms. The van der Waals surface area contributed by atoms with Crippen molar-refractivity contribution in [1.29, 1.82) is 0 Å². The van der Waals surface area contributed by atoms with E-state index in [4.69, 9.17) is 5.11 Å². The lowest BCUT2D eigenvalue weighted by atomic mass is 9.83. The number of carbonyl (C=O) groups is 3. The van der Waals surface area contributed by atoms with E-state index >= 15 is 0 Å². The molecular formula is C16H19NO4. The van der Waals surface area contributed by atoms with Crippen LogP contribution >= 0.6 is 0 Å². The highest BCUT2D eigenvalue weighted by Crippen LogP contribution is 2.38. The molecule has 2 N–H and O–H groups in total. The summed E-state index contributed by atoms with van der Waals surface area (Å²) in [4.78, 5) is 35.3. The summed E-state index contributed by atoms with van der Waals surface area (Å²) in [6.07, 6.45) is 0. The number of carboxylic acid groups (broad SMARTS) is 1. The number of fused-ring (bicyclic) bond motifs is 1. The summed E-state index contributed by atoms with van der Waals surface area (Å²) in [6.45, 7) is 6.73. The van der Waals surface area contributed by atoms with Crippen molar-refractivity contribution < 1.29 is 19.5 Å². The van der Waals surface area contributed by atoms with Crippen LogP contribution in [0.5, 0.6) is 0 Å². The molecule has 112 valence electrons. The summed E-state index contributed by atoms with van der Waals surface area (Å²) in [6, 6.07) is 5.03. The minimum atomic E-state index is -0.991. The van der Waals surface area contributed by atoms with Gasteiger partial charge in [0.2, 0.25) is 5.91 Å². The van der Waals surface area contributed by atoms with Crippen LogP contribution < -0.4 is 5.32 Å². The molecule has 0 aromatic heterocycles. The molecule has 1 aromatic rings. The first-order valence-electron chi connectivity index (χ1n) is 6.89. The van der Waals surface area contributed by atoms with Gasteiger partial charge in [0.25, 0.3) is 0 Å². The topological polar surface area (TPSA) is 83.5 Å². The Labute approximate surface area is 123 Å². The van der Waals surface area contributed by atoms with Gasteiger partial charge in [-0.3, -0.25) is 14.4 Å². The van der Waals surface area contributed by atoms with Gasteiger partial charge < -0.3 is 10.4 Å². The van der Waals surface area contributed by atoms with Crippen molar-refractivity contribution in [2.24, 2.45) is 11.8 Å². The van der Waals surface area contributed by atoms with Gasteiger partial charge in [-0.05, 0) is 37.6 Å². The molecule has 0 saturated carbocycles. The minimum absolute atomic E-state index is 0.103. The average molecular weight is 289 g/mol. The molecule has 2 rings (SSSR count). The highest BCUT2D eigenvalue weighted by Gasteiger charge is 2.39. The Morgan fingerprint density at radius 1 is 1.19 bits per heavy atom. The number of amides is 1. The third-order valence-electron chi connectivity index (χ3n) is 4.35. The van der Waals surface area contributed by atoms with Gasteiger partial charge in [0.1, 0.15) is 0 Å². The quantitative estimate of drug-likeness (QED) is 0.834. The zero-order valence-corrected chi connectivity index (χ0v) is 12.6. The summed E-state index contributed by atoms with van der Waals surface area (Å²) in [7, 11) is 0. The molecule has 2 atom stereocenters. The monoisotopic (exact) mass is 289 g/mol. The van der Waals surface area contributed by atoms with Crippen LogP contribution in [0.3, 0.4) is 0 Å². The third-order valence-corrected chi connectivity index (χ3v) is 4.35. The van der Waals surface area contributed by atoms with Crippen LogP contribution in [-0.4, -0.2) is 22.8 Å². The number of hydrogen-bond acceptors (Lipinski definition) is 3. The van der Waals surface area contributed by atoms with Crippen molar-refractivity contribution >= 4 is 23.3 Å². The molecule has 1 aromatic carbocycles. The number of ketones is 1. The maximum absolute atomic E-state index is 12.4. The highest BCUT2D eigenvalue weighted by atomic mass is 16.4. The molecule has 0 bridgehead atoms. The first-order chi connectivity index (χ1) is 9.66. The molecular weight excluding hydrogens is 270 g/mol. The van der Waals surface area contributed by atoms with Crippen molar-refractivity contribution in [3.8, 4) is 0 Å². The Balaban J connectivity index is 2.36. The molecule has 21 heavy (non-hydrogen) atoms. The normalized spacial score (nSPS) is 18.6. The second kappa shape index (κ2) is 4.98. The number of nitrogens with one attached hydrogen (secondary N) is 1. The standard InChI is InChI=1S/C16H19NO4/c1-8(9(2)14(19)20)13(18)10-5-6-12-11(7-10)16(3,4)15(21)17-12/h5-9H,1-4H3,(H,17,21)(H,19,20). The van der Waals surface area contributed by atoms with Gasteiger partial charge in [-0.2, -0.15) is 0 Å². The Morgan fingerprint density at radius 3 is 2.38 bits per heavy atom. The Bertz CT molecular complexity index is 633.